The van der Waals surface area contributed by atoms with Crippen LogP contribution in [0.4, 0.5) is 0 Å². The lowest BCUT2D eigenvalue weighted by atomic mass is 10.1. The van der Waals surface area contributed by atoms with E-state index in [1.54, 1.807) is 11.3 Å². The molecular weight excluding hydrogens is 418 g/mol. The summed E-state index contributed by atoms with van der Waals surface area (Å²) in [5.74, 6) is 1.08. The normalized spacial score (nSPS) is 13.6. The number of hydrogen-bond donors (Lipinski definition) is 1. The molecule has 1 fully saturated rings. The molecule has 0 bridgehead atoms. The zero-order valence-electron chi connectivity index (χ0n) is 16.7. The number of likely N-dealkylation sites (tertiary alicyclic amines) is 1. The predicted octanol–water partition coefficient (Wildman–Crippen LogP) is 3.19. The van der Waals surface area contributed by atoms with Crippen molar-refractivity contribution in [1.29, 1.82) is 0 Å². The van der Waals surface area contributed by atoms with Crippen molar-refractivity contribution >= 4 is 34.9 Å². The highest BCUT2D eigenvalue weighted by Gasteiger charge is 2.19. The first-order valence-electron chi connectivity index (χ1n) is 9.83. The Labute approximate surface area is 183 Å². The van der Waals surface area contributed by atoms with Crippen molar-refractivity contribution in [3.63, 3.8) is 0 Å². The highest BCUT2D eigenvalue weighted by atomic mass is 32.2. The Hall–Kier alpha value is -2.65. The van der Waals surface area contributed by atoms with E-state index in [9.17, 15) is 9.59 Å². The van der Waals surface area contributed by atoms with Crippen molar-refractivity contribution < 1.29 is 9.59 Å². The number of hydrogen-bond acceptors (Lipinski definition) is 6. The smallest absolute Gasteiger partial charge is 0.253 e. The lowest BCUT2D eigenvalue weighted by Gasteiger charge is -2.15. The quantitative estimate of drug-likeness (QED) is 0.570. The van der Waals surface area contributed by atoms with E-state index in [4.69, 9.17) is 0 Å². The largest absolute Gasteiger partial charge is 0.351 e. The van der Waals surface area contributed by atoms with Crippen LogP contribution in [-0.4, -0.2) is 50.3 Å². The first-order chi connectivity index (χ1) is 14.6. The number of rotatable bonds is 7. The number of thioether (sulfide) groups is 1. The minimum absolute atomic E-state index is 0.0714. The van der Waals surface area contributed by atoms with Gasteiger partial charge in [-0.15, -0.1) is 21.5 Å². The highest BCUT2D eigenvalue weighted by molar-refractivity contribution is 7.99. The molecule has 3 aromatic rings. The average Bonchev–Trinajstić information content (AvgIpc) is 3.53. The molecule has 0 spiro atoms. The van der Waals surface area contributed by atoms with Crippen LogP contribution >= 0.6 is 23.1 Å². The molecule has 0 unspecified atom stereocenters. The third kappa shape index (κ3) is 4.73. The molecule has 0 aliphatic carbocycles. The summed E-state index contributed by atoms with van der Waals surface area (Å²) in [5, 5.41) is 14.0. The van der Waals surface area contributed by atoms with Crippen LogP contribution in [0, 0.1) is 0 Å². The molecule has 0 atom stereocenters. The van der Waals surface area contributed by atoms with Crippen molar-refractivity contribution in [2.75, 3.05) is 18.8 Å². The number of nitrogens with one attached hydrogen (secondary N) is 1. The summed E-state index contributed by atoms with van der Waals surface area (Å²) in [5.41, 5.74) is 1.66. The fourth-order valence-electron chi connectivity index (χ4n) is 3.31. The summed E-state index contributed by atoms with van der Waals surface area (Å²) < 4.78 is 1.90. The van der Waals surface area contributed by atoms with Gasteiger partial charge < -0.3 is 14.8 Å². The molecule has 9 heteroatoms. The monoisotopic (exact) mass is 441 g/mol. The van der Waals surface area contributed by atoms with Gasteiger partial charge in [-0.25, -0.2) is 0 Å². The first kappa shape index (κ1) is 20.6. The fraction of sp³-hybridized carbons (Fsp3) is 0.333. The molecule has 2 amide bonds. The number of nitrogens with zero attached hydrogens (tertiary/aromatic N) is 4. The van der Waals surface area contributed by atoms with Crippen LogP contribution in [0.1, 0.15) is 28.8 Å². The second-order valence-corrected chi connectivity index (χ2v) is 8.99. The summed E-state index contributed by atoms with van der Waals surface area (Å²) >= 11 is 2.97. The molecule has 1 aromatic carbocycles. The summed E-state index contributed by atoms with van der Waals surface area (Å²) in [6.45, 7) is 2.11. The molecule has 0 radical (unpaired) electrons. The second kappa shape index (κ2) is 9.44. The molecule has 2 aromatic heterocycles. The van der Waals surface area contributed by atoms with Crippen LogP contribution in [0.2, 0.25) is 0 Å². The molecular formula is C21H23N5O2S2. The minimum atomic E-state index is -0.0714. The molecule has 0 saturated carbocycles. The van der Waals surface area contributed by atoms with Gasteiger partial charge >= 0.3 is 0 Å². The Kier molecular flexibility index (Phi) is 6.49. The zero-order valence-corrected chi connectivity index (χ0v) is 18.3. The van der Waals surface area contributed by atoms with Crippen molar-refractivity contribution in [2.24, 2.45) is 7.05 Å². The summed E-state index contributed by atoms with van der Waals surface area (Å²) in [4.78, 5) is 27.6. The molecule has 7 nitrogen and oxygen atoms in total. The van der Waals surface area contributed by atoms with E-state index in [1.165, 1.54) is 11.8 Å². The maximum absolute atomic E-state index is 12.4. The van der Waals surface area contributed by atoms with E-state index in [0.29, 0.717) is 17.3 Å². The van der Waals surface area contributed by atoms with Crippen LogP contribution in [0.3, 0.4) is 0 Å². The Morgan fingerprint density at radius 2 is 1.90 bits per heavy atom. The van der Waals surface area contributed by atoms with Crippen molar-refractivity contribution in [3.05, 3.63) is 52.9 Å². The summed E-state index contributed by atoms with van der Waals surface area (Å²) in [7, 11) is 1.90. The third-order valence-electron chi connectivity index (χ3n) is 4.99. The van der Waals surface area contributed by atoms with E-state index in [2.05, 4.69) is 15.5 Å². The van der Waals surface area contributed by atoms with Crippen molar-refractivity contribution in [1.82, 2.24) is 25.0 Å². The van der Waals surface area contributed by atoms with Crippen LogP contribution in [0.5, 0.6) is 0 Å². The molecule has 1 N–H and O–H groups in total. The van der Waals surface area contributed by atoms with Gasteiger partial charge in [0.15, 0.2) is 11.0 Å². The Balaban J connectivity index is 1.25. The number of amides is 2. The lowest BCUT2D eigenvalue weighted by Crippen LogP contribution is -2.27. The Bertz CT molecular complexity index is 1010. The van der Waals surface area contributed by atoms with E-state index >= 15 is 0 Å². The highest BCUT2D eigenvalue weighted by Crippen LogP contribution is 2.25. The van der Waals surface area contributed by atoms with E-state index in [-0.39, 0.29) is 17.6 Å². The van der Waals surface area contributed by atoms with Gasteiger partial charge in [0.05, 0.1) is 10.6 Å². The number of carbonyl (C=O) groups is 2. The zero-order chi connectivity index (χ0) is 20.9. The van der Waals surface area contributed by atoms with Crippen LogP contribution in [-0.2, 0) is 18.4 Å². The maximum Gasteiger partial charge on any atom is 0.253 e. The molecule has 1 aliphatic heterocycles. The average molecular weight is 442 g/mol. The summed E-state index contributed by atoms with van der Waals surface area (Å²) in [6.07, 6.45) is 2.16. The van der Waals surface area contributed by atoms with Crippen LogP contribution < -0.4 is 5.32 Å². The van der Waals surface area contributed by atoms with Gasteiger partial charge in [-0.1, -0.05) is 30.0 Å². The van der Waals surface area contributed by atoms with Gasteiger partial charge in [0, 0.05) is 32.2 Å². The van der Waals surface area contributed by atoms with Crippen molar-refractivity contribution in [3.8, 4) is 10.7 Å². The van der Waals surface area contributed by atoms with Crippen LogP contribution in [0.15, 0.2) is 46.9 Å². The summed E-state index contributed by atoms with van der Waals surface area (Å²) in [6, 6.07) is 11.4. The van der Waals surface area contributed by atoms with Crippen LogP contribution in [0.25, 0.3) is 10.7 Å². The maximum atomic E-state index is 12.4. The minimum Gasteiger partial charge on any atom is -0.351 e. The van der Waals surface area contributed by atoms with Gasteiger partial charge in [0.2, 0.25) is 5.91 Å². The van der Waals surface area contributed by atoms with E-state index in [0.717, 1.165) is 42.2 Å². The van der Waals surface area contributed by atoms with Gasteiger partial charge in [0.25, 0.3) is 5.91 Å². The molecule has 3 heterocycles. The topological polar surface area (TPSA) is 80.1 Å². The third-order valence-corrected chi connectivity index (χ3v) is 6.88. The molecule has 156 valence electrons. The standard InChI is InChI=1S/C21H23N5O2S2/c1-25-19(17-5-4-12-29-17)23-24-21(25)30-14-18(27)22-13-15-6-8-16(9-7-15)20(28)26-10-2-3-11-26/h4-9,12H,2-3,10-11,13-14H2,1H3,(H,22,27). The van der Waals surface area contributed by atoms with E-state index < -0.39 is 0 Å². The Morgan fingerprint density at radius 1 is 1.13 bits per heavy atom. The Morgan fingerprint density at radius 3 is 2.60 bits per heavy atom. The molecule has 4 rings (SSSR count). The van der Waals surface area contributed by atoms with Crippen molar-refractivity contribution in [2.45, 2.75) is 24.5 Å². The SMILES string of the molecule is Cn1c(SCC(=O)NCc2ccc(C(=O)N3CCCC3)cc2)nnc1-c1cccs1. The first-order valence-corrected chi connectivity index (χ1v) is 11.7. The second-order valence-electron chi connectivity index (χ2n) is 7.10. The number of aromatic nitrogens is 3. The number of benzene rings is 1. The molecule has 30 heavy (non-hydrogen) atoms. The predicted molar refractivity (Wildman–Crippen MR) is 118 cm³/mol. The van der Waals surface area contributed by atoms with Gasteiger partial charge in [-0.05, 0) is 42.0 Å². The van der Waals surface area contributed by atoms with Gasteiger partial charge in [-0.2, -0.15) is 0 Å². The van der Waals surface area contributed by atoms with Gasteiger partial charge in [0.1, 0.15) is 0 Å². The fourth-order valence-corrected chi connectivity index (χ4v) is 4.80. The number of carbonyl (C=O) groups excluding carboxylic acids is 2. The van der Waals surface area contributed by atoms with E-state index in [1.807, 2.05) is 58.3 Å². The number of thiophene rings is 1. The lowest BCUT2D eigenvalue weighted by molar-refractivity contribution is -0.118. The van der Waals surface area contributed by atoms with Gasteiger partial charge in [-0.3, -0.25) is 9.59 Å². The molecule has 1 saturated heterocycles. The molecule has 1 aliphatic rings.